The smallest absolute Gasteiger partial charge is 0.257 e. The number of aromatic nitrogens is 5. The predicted octanol–water partition coefficient (Wildman–Crippen LogP) is 4.96. The molecule has 1 unspecified atom stereocenters. The van der Waals surface area contributed by atoms with Crippen molar-refractivity contribution in [3.05, 3.63) is 96.4 Å². The average molecular weight is 553 g/mol. The molecule has 0 saturated heterocycles. The molecule has 0 spiro atoms. The van der Waals surface area contributed by atoms with Crippen LogP contribution in [0.5, 0.6) is 11.6 Å². The summed E-state index contributed by atoms with van der Waals surface area (Å²) >= 11 is 0. The summed E-state index contributed by atoms with van der Waals surface area (Å²) in [5.41, 5.74) is 9.96. The van der Waals surface area contributed by atoms with E-state index >= 15 is 0 Å². The van der Waals surface area contributed by atoms with Crippen molar-refractivity contribution in [2.24, 2.45) is 4.99 Å². The monoisotopic (exact) mass is 552 g/mol. The second kappa shape index (κ2) is 9.37. The second-order valence-corrected chi connectivity index (χ2v) is 9.56. The van der Waals surface area contributed by atoms with Crippen molar-refractivity contribution in [2.45, 2.75) is 13.0 Å². The summed E-state index contributed by atoms with van der Waals surface area (Å²) in [5, 5.41) is 5.44. The summed E-state index contributed by atoms with van der Waals surface area (Å²) in [7, 11) is 0. The van der Waals surface area contributed by atoms with Crippen LogP contribution in [0.25, 0.3) is 27.9 Å². The Labute approximate surface area is 232 Å². The van der Waals surface area contributed by atoms with Gasteiger partial charge in [-0.1, -0.05) is 18.7 Å². The Morgan fingerprint density at radius 2 is 1.90 bits per heavy atom. The number of ether oxygens (including phenoxy) is 2. The van der Waals surface area contributed by atoms with E-state index in [0.29, 0.717) is 75.5 Å². The van der Waals surface area contributed by atoms with Crippen LogP contribution in [0.15, 0.2) is 90.0 Å². The maximum Gasteiger partial charge on any atom is 0.257 e. The average Bonchev–Trinajstić information content (AvgIpc) is 3.38. The number of allylic oxidation sites excluding steroid dienone is 4. The molecule has 3 aromatic heterocycles. The first kappa shape index (κ1) is 24.6. The zero-order valence-electron chi connectivity index (χ0n) is 21.8. The SMILES string of the molecule is C=C1C(c2cccc(F)c2)=C(C(C)n2nc(-c3cnc4c(c3)OCCO4)c3c(N)ncnc32)N=C2C=CC(F)=CN12. The molecular formula is C29H22F2N8O2. The lowest BCUT2D eigenvalue weighted by atomic mass is 9.95. The number of aliphatic imine (C=N–C) groups is 1. The highest BCUT2D eigenvalue weighted by Crippen LogP contribution is 2.42. The third kappa shape index (κ3) is 4.03. The van der Waals surface area contributed by atoms with Gasteiger partial charge in [-0.2, -0.15) is 5.10 Å². The number of benzene rings is 1. The number of halogens is 2. The van der Waals surface area contributed by atoms with Crippen molar-refractivity contribution in [1.82, 2.24) is 29.6 Å². The summed E-state index contributed by atoms with van der Waals surface area (Å²) in [5.74, 6) is 0.708. The van der Waals surface area contributed by atoms with Crippen LogP contribution in [-0.2, 0) is 0 Å². The molecule has 0 bridgehead atoms. The number of anilines is 1. The molecule has 1 atom stereocenters. The van der Waals surface area contributed by atoms with Gasteiger partial charge in [-0.05, 0) is 42.8 Å². The molecule has 12 heteroatoms. The van der Waals surface area contributed by atoms with Crippen molar-refractivity contribution in [3.8, 4) is 22.9 Å². The van der Waals surface area contributed by atoms with Crippen LogP contribution >= 0.6 is 0 Å². The van der Waals surface area contributed by atoms with E-state index in [1.807, 2.05) is 6.92 Å². The van der Waals surface area contributed by atoms with Gasteiger partial charge in [-0.3, -0.25) is 4.90 Å². The van der Waals surface area contributed by atoms with Crippen molar-refractivity contribution >= 4 is 28.3 Å². The highest BCUT2D eigenvalue weighted by Gasteiger charge is 2.32. The Hall–Kier alpha value is -5.39. The van der Waals surface area contributed by atoms with E-state index in [4.69, 9.17) is 25.3 Å². The lowest BCUT2D eigenvalue weighted by Gasteiger charge is -2.33. The minimum atomic E-state index is -0.556. The lowest BCUT2D eigenvalue weighted by Crippen LogP contribution is -2.31. The third-order valence-corrected chi connectivity index (χ3v) is 7.03. The number of rotatable bonds is 4. The molecule has 10 nitrogen and oxygen atoms in total. The Morgan fingerprint density at radius 3 is 2.76 bits per heavy atom. The molecule has 0 amide bonds. The topological polar surface area (TPSA) is 117 Å². The molecular weight excluding hydrogens is 530 g/mol. The fourth-order valence-electron chi connectivity index (χ4n) is 5.13. The third-order valence-electron chi connectivity index (χ3n) is 7.03. The zero-order chi connectivity index (χ0) is 28.2. The number of hydrogen-bond acceptors (Lipinski definition) is 9. The second-order valence-electron chi connectivity index (χ2n) is 9.56. The molecule has 0 aliphatic carbocycles. The molecule has 6 heterocycles. The molecule has 41 heavy (non-hydrogen) atoms. The number of nitrogens with zero attached hydrogens (tertiary/aromatic N) is 7. The van der Waals surface area contributed by atoms with Crippen LogP contribution < -0.4 is 15.2 Å². The van der Waals surface area contributed by atoms with Crippen LogP contribution in [-0.4, -0.2) is 48.7 Å². The summed E-state index contributed by atoms with van der Waals surface area (Å²) in [4.78, 5) is 19.5. The van der Waals surface area contributed by atoms with Crippen LogP contribution in [0.4, 0.5) is 14.6 Å². The standard InChI is InChI=1S/C29H22F2N8O2/c1-15-23(17-4-3-5-19(30)10-17)25(36-22-7-6-20(31)13-38(15)22)16(2)39-28-24(27(32)34-14-35-28)26(37-39)18-11-21-29(33-12-18)41-9-8-40-21/h3-7,10-14,16H,1,8-9H2,2H3,(H2,32,34,35). The molecule has 4 aromatic rings. The van der Waals surface area contributed by atoms with Gasteiger partial charge in [-0.25, -0.2) is 33.4 Å². The van der Waals surface area contributed by atoms with Crippen molar-refractivity contribution < 1.29 is 18.3 Å². The van der Waals surface area contributed by atoms with Gasteiger partial charge in [0.15, 0.2) is 11.4 Å². The number of nitrogen functional groups attached to an aromatic ring is 1. The molecule has 3 aliphatic heterocycles. The summed E-state index contributed by atoms with van der Waals surface area (Å²) in [6, 6.07) is 7.33. The van der Waals surface area contributed by atoms with E-state index in [-0.39, 0.29) is 5.82 Å². The van der Waals surface area contributed by atoms with Crippen molar-refractivity contribution in [3.63, 3.8) is 0 Å². The quantitative estimate of drug-likeness (QED) is 0.378. The van der Waals surface area contributed by atoms with Gasteiger partial charge in [-0.15, -0.1) is 0 Å². The Balaban J connectivity index is 1.43. The number of pyridine rings is 1. The van der Waals surface area contributed by atoms with Crippen LogP contribution in [0.1, 0.15) is 18.5 Å². The van der Waals surface area contributed by atoms with Gasteiger partial charge in [0.1, 0.15) is 48.5 Å². The summed E-state index contributed by atoms with van der Waals surface area (Å²) < 4.78 is 41.6. The van der Waals surface area contributed by atoms with E-state index in [0.717, 1.165) is 0 Å². The maximum absolute atomic E-state index is 14.4. The van der Waals surface area contributed by atoms with E-state index in [2.05, 4.69) is 21.5 Å². The molecule has 0 fully saturated rings. The van der Waals surface area contributed by atoms with Crippen molar-refractivity contribution in [1.29, 1.82) is 0 Å². The molecule has 0 radical (unpaired) electrons. The molecule has 7 rings (SSSR count). The summed E-state index contributed by atoms with van der Waals surface area (Å²) in [6.07, 6.45) is 7.17. The fourth-order valence-corrected chi connectivity index (χ4v) is 5.13. The predicted molar refractivity (Wildman–Crippen MR) is 149 cm³/mol. The normalized spacial score (nSPS) is 17.0. The molecule has 1 aromatic carbocycles. The van der Waals surface area contributed by atoms with E-state index < -0.39 is 17.7 Å². The van der Waals surface area contributed by atoms with Gasteiger partial charge in [0.2, 0.25) is 0 Å². The Kier molecular flexibility index (Phi) is 5.63. The minimum absolute atomic E-state index is 0.235. The first-order chi connectivity index (χ1) is 19.9. The number of hydrogen-bond donors (Lipinski definition) is 1. The van der Waals surface area contributed by atoms with Gasteiger partial charge >= 0.3 is 0 Å². The number of amidine groups is 1. The van der Waals surface area contributed by atoms with E-state index in [9.17, 15) is 8.78 Å². The van der Waals surface area contributed by atoms with E-state index in [1.54, 1.807) is 40.1 Å². The van der Waals surface area contributed by atoms with Crippen molar-refractivity contribution in [2.75, 3.05) is 18.9 Å². The van der Waals surface area contributed by atoms with Crippen LogP contribution in [0, 0.1) is 5.82 Å². The van der Waals surface area contributed by atoms with Crippen LogP contribution in [0.3, 0.4) is 0 Å². The largest absolute Gasteiger partial charge is 0.484 e. The Bertz CT molecular complexity index is 1890. The fraction of sp³-hybridized carbons (Fsp3) is 0.138. The molecule has 2 N–H and O–H groups in total. The highest BCUT2D eigenvalue weighted by molar-refractivity contribution is 6.03. The Morgan fingerprint density at radius 1 is 1.05 bits per heavy atom. The number of fused-ring (bicyclic) bond motifs is 3. The molecule has 204 valence electrons. The first-order valence-corrected chi connectivity index (χ1v) is 12.8. The summed E-state index contributed by atoms with van der Waals surface area (Å²) in [6.45, 7) is 6.94. The highest BCUT2D eigenvalue weighted by atomic mass is 19.1. The van der Waals surface area contributed by atoms with Gasteiger partial charge in [0.05, 0.1) is 17.1 Å². The van der Waals surface area contributed by atoms with Crippen LogP contribution in [0.2, 0.25) is 0 Å². The lowest BCUT2D eigenvalue weighted by molar-refractivity contribution is 0.164. The minimum Gasteiger partial charge on any atom is -0.484 e. The van der Waals surface area contributed by atoms with Gasteiger partial charge in [0, 0.05) is 29.2 Å². The van der Waals surface area contributed by atoms with Gasteiger partial charge in [0.25, 0.3) is 5.88 Å². The molecule has 3 aliphatic rings. The molecule has 0 saturated carbocycles. The first-order valence-electron chi connectivity index (χ1n) is 12.8. The zero-order valence-corrected chi connectivity index (χ0v) is 21.8. The van der Waals surface area contributed by atoms with E-state index in [1.165, 1.54) is 30.7 Å². The number of nitrogens with two attached hydrogens (primary N) is 1. The van der Waals surface area contributed by atoms with Gasteiger partial charge < -0.3 is 15.2 Å². The maximum atomic E-state index is 14.4.